The summed E-state index contributed by atoms with van der Waals surface area (Å²) in [5, 5.41) is 7.72. The van der Waals surface area contributed by atoms with Crippen molar-refractivity contribution in [2.24, 2.45) is 5.10 Å². The first kappa shape index (κ1) is 23.8. The highest BCUT2D eigenvalue weighted by Crippen LogP contribution is 2.24. The number of hydrazone groups is 1. The number of benzene rings is 3. The van der Waals surface area contributed by atoms with E-state index in [2.05, 4.69) is 31.8 Å². The van der Waals surface area contributed by atoms with Gasteiger partial charge in [0.1, 0.15) is 18.8 Å². The van der Waals surface area contributed by atoms with E-state index in [-0.39, 0.29) is 13.0 Å². The predicted molar refractivity (Wildman–Crippen MR) is 130 cm³/mol. The molecule has 0 atom stereocenters. The van der Waals surface area contributed by atoms with Crippen LogP contribution in [-0.4, -0.2) is 18.0 Å². The van der Waals surface area contributed by atoms with E-state index in [4.69, 9.17) is 27.9 Å². The van der Waals surface area contributed by atoms with Crippen molar-refractivity contribution in [2.45, 2.75) is 13.0 Å². The van der Waals surface area contributed by atoms with Crippen LogP contribution in [0.15, 0.2) is 76.3 Å². The number of anilines is 1. The van der Waals surface area contributed by atoms with Gasteiger partial charge in [-0.15, -0.1) is 0 Å². The fraction of sp³-hybridized carbons (Fsp3) is 0.0870. The lowest BCUT2D eigenvalue weighted by molar-refractivity contribution is -0.126. The first-order chi connectivity index (χ1) is 15.4. The number of rotatable bonds is 8. The normalized spacial score (nSPS) is 10.7. The van der Waals surface area contributed by atoms with Gasteiger partial charge in [-0.25, -0.2) is 5.43 Å². The lowest BCUT2D eigenvalue weighted by atomic mass is 10.2. The van der Waals surface area contributed by atoms with Crippen molar-refractivity contribution in [3.63, 3.8) is 0 Å². The third-order valence-corrected chi connectivity index (χ3v) is 5.27. The highest BCUT2D eigenvalue weighted by atomic mass is 79.9. The van der Waals surface area contributed by atoms with Gasteiger partial charge in [0.05, 0.1) is 6.21 Å². The average molecular weight is 535 g/mol. The number of hydrogen-bond donors (Lipinski definition) is 2. The number of nitrogens with zero attached hydrogens (tertiary/aromatic N) is 1. The molecule has 0 fully saturated rings. The quantitative estimate of drug-likeness (QED) is 0.217. The summed E-state index contributed by atoms with van der Waals surface area (Å²) in [6.45, 7) is 0.277. The molecular weight excluding hydrogens is 517 g/mol. The predicted octanol–water partition coefficient (Wildman–Crippen LogP) is 5.81. The van der Waals surface area contributed by atoms with Crippen LogP contribution < -0.4 is 15.5 Å². The van der Waals surface area contributed by atoms with E-state index in [0.29, 0.717) is 27.0 Å². The second kappa shape index (κ2) is 11.7. The Balaban J connectivity index is 1.56. The van der Waals surface area contributed by atoms with Crippen molar-refractivity contribution in [2.75, 3.05) is 5.32 Å². The Morgan fingerprint density at radius 2 is 1.75 bits per heavy atom. The minimum absolute atomic E-state index is 0.277. The van der Waals surface area contributed by atoms with Gasteiger partial charge in [-0.2, -0.15) is 5.10 Å². The zero-order valence-corrected chi connectivity index (χ0v) is 19.7. The van der Waals surface area contributed by atoms with Gasteiger partial charge in [-0.3, -0.25) is 9.59 Å². The highest BCUT2D eigenvalue weighted by Gasteiger charge is 2.10. The van der Waals surface area contributed by atoms with Gasteiger partial charge in [0.25, 0.3) is 0 Å². The van der Waals surface area contributed by atoms with Gasteiger partial charge < -0.3 is 10.1 Å². The molecule has 6 nitrogen and oxygen atoms in total. The van der Waals surface area contributed by atoms with Gasteiger partial charge in [0, 0.05) is 31.3 Å². The van der Waals surface area contributed by atoms with Gasteiger partial charge in [0.2, 0.25) is 11.8 Å². The van der Waals surface area contributed by atoms with Crippen LogP contribution in [0.4, 0.5) is 5.69 Å². The summed E-state index contributed by atoms with van der Waals surface area (Å²) in [4.78, 5) is 24.0. The largest absolute Gasteiger partial charge is 0.488 e. The van der Waals surface area contributed by atoms with Crippen molar-refractivity contribution in [1.29, 1.82) is 0 Å². The number of nitrogens with one attached hydrogen (secondary N) is 2. The Morgan fingerprint density at radius 3 is 2.50 bits per heavy atom. The third kappa shape index (κ3) is 7.37. The summed E-state index contributed by atoms with van der Waals surface area (Å²) < 4.78 is 6.69. The molecule has 3 aromatic carbocycles. The fourth-order valence-corrected chi connectivity index (χ4v) is 3.32. The molecule has 9 heteroatoms. The van der Waals surface area contributed by atoms with E-state index >= 15 is 0 Å². The summed E-state index contributed by atoms with van der Waals surface area (Å²) in [6, 6.07) is 19.4. The molecule has 0 saturated heterocycles. The number of ether oxygens (including phenoxy) is 1. The molecule has 0 spiro atoms. The zero-order chi connectivity index (χ0) is 22.9. The van der Waals surface area contributed by atoms with Crippen LogP contribution in [0.25, 0.3) is 0 Å². The summed E-state index contributed by atoms with van der Waals surface area (Å²) in [5.41, 5.74) is 4.37. The lowest BCUT2D eigenvalue weighted by Gasteiger charge is -2.10. The molecule has 0 saturated carbocycles. The van der Waals surface area contributed by atoms with Gasteiger partial charge in [-0.05, 0) is 48.5 Å². The second-order valence-electron chi connectivity index (χ2n) is 6.59. The number of hydrogen-bond acceptors (Lipinski definition) is 4. The SMILES string of the molecule is O=C(CC(=O)Nc1ccc(Cl)cc1)NN=Cc1cc(Br)ccc1OCc1ccccc1Cl. The zero-order valence-electron chi connectivity index (χ0n) is 16.6. The van der Waals surface area contributed by atoms with E-state index in [1.165, 1.54) is 6.21 Å². The first-order valence-corrected chi connectivity index (χ1v) is 11.0. The second-order valence-corrected chi connectivity index (χ2v) is 8.35. The molecule has 0 aromatic heterocycles. The van der Waals surface area contributed by atoms with E-state index in [0.717, 1.165) is 10.0 Å². The Bertz CT molecular complexity index is 1140. The molecule has 0 bridgehead atoms. The summed E-state index contributed by atoms with van der Waals surface area (Å²) >= 11 is 15.4. The Hall–Kier alpha value is -2.87. The molecule has 2 amide bonds. The Morgan fingerprint density at radius 1 is 1.00 bits per heavy atom. The summed E-state index contributed by atoms with van der Waals surface area (Å²) in [7, 11) is 0. The van der Waals surface area contributed by atoms with Crippen molar-refractivity contribution >= 4 is 62.8 Å². The number of carbonyl (C=O) groups excluding carboxylic acids is 2. The van der Waals surface area contributed by atoms with Crippen LogP contribution in [0, 0.1) is 0 Å². The molecule has 0 aliphatic heterocycles. The molecule has 0 heterocycles. The maximum absolute atomic E-state index is 12.0. The van der Waals surface area contributed by atoms with Crippen LogP contribution >= 0.6 is 39.1 Å². The maximum atomic E-state index is 12.0. The van der Waals surface area contributed by atoms with Gasteiger partial charge in [-0.1, -0.05) is 57.3 Å². The molecule has 3 aromatic rings. The first-order valence-electron chi connectivity index (χ1n) is 9.44. The topological polar surface area (TPSA) is 79.8 Å². The minimum Gasteiger partial charge on any atom is -0.488 e. The maximum Gasteiger partial charge on any atom is 0.249 e. The van der Waals surface area contributed by atoms with E-state index in [9.17, 15) is 9.59 Å². The monoisotopic (exact) mass is 533 g/mol. The van der Waals surface area contributed by atoms with Crippen molar-refractivity contribution < 1.29 is 14.3 Å². The number of halogens is 3. The molecule has 0 radical (unpaired) electrons. The standard InChI is InChI=1S/C23H18BrCl2N3O3/c24-17-5-10-21(32-14-15-3-1-2-4-20(15)26)16(11-17)13-27-29-23(31)12-22(30)28-19-8-6-18(25)7-9-19/h1-11,13H,12,14H2,(H,28,30)(H,29,31). The third-order valence-electron chi connectivity index (χ3n) is 4.15. The molecule has 0 aliphatic carbocycles. The summed E-state index contributed by atoms with van der Waals surface area (Å²) in [5.74, 6) is -0.459. The molecule has 32 heavy (non-hydrogen) atoms. The van der Waals surface area contributed by atoms with E-state index < -0.39 is 11.8 Å². The van der Waals surface area contributed by atoms with Crippen molar-refractivity contribution in [3.8, 4) is 5.75 Å². The summed E-state index contributed by atoms with van der Waals surface area (Å²) in [6.07, 6.45) is 1.07. The van der Waals surface area contributed by atoms with Crippen LogP contribution in [0.2, 0.25) is 10.0 Å². The molecule has 3 rings (SSSR count). The number of amides is 2. The van der Waals surface area contributed by atoms with Crippen LogP contribution in [-0.2, 0) is 16.2 Å². The van der Waals surface area contributed by atoms with Crippen LogP contribution in [0.1, 0.15) is 17.5 Å². The van der Waals surface area contributed by atoms with E-state index in [1.807, 2.05) is 24.3 Å². The van der Waals surface area contributed by atoms with Gasteiger partial charge >= 0.3 is 0 Å². The van der Waals surface area contributed by atoms with Crippen molar-refractivity contribution in [1.82, 2.24) is 5.43 Å². The Labute approximate surface area is 203 Å². The molecular formula is C23H18BrCl2N3O3. The van der Waals surface area contributed by atoms with E-state index in [1.54, 1.807) is 42.5 Å². The highest BCUT2D eigenvalue weighted by molar-refractivity contribution is 9.10. The molecule has 0 unspecified atom stereocenters. The smallest absolute Gasteiger partial charge is 0.249 e. The molecule has 2 N–H and O–H groups in total. The molecule has 0 aliphatic rings. The lowest BCUT2D eigenvalue weighted by Crippen LogP contribution is -2.24. The van der Waals surface area contributed by atoms with Crippen LogP contribution in [0.3, 0.4) is 0 Å². The fourth-order valence-electron chi connectivity index (χ4n) is 2.62. The van der Waals surface area contributed by atoms with Gasteiger partial charge in [0.15, 0.2) is 0 Å². The average Bonchev–Trinajstić information content (AvgIpc) is 2.76. The van der Waals surface area contributed by atoms with Crippen molar-refractivity contribution in [3.05, 3.63) is 92.4 Å². The number of carbonyl (C=O) groups is 2. The Kier molecular flexibility index (Phi) is 8.67. The van der Waals surface area contributed by atoms with Crippen LogP contribution in [0.5, 0.6) is 5.75 Å². The minimum atomic E-state index is -0.554. The molecule has 164 valence electrons.